The molecule has 4 heteroatoms. The van der Waals surface area contributed by atoms with Crippen molar-refractivity contribution in [3.05, 3.63) is 46.5 Å². The van der Waals surface area contributed by atoms with Gasteiger partial charge in [-0.15, -0.1) is 0 Å². The molecular weight excluding hydrogens is 234 g/mol. The number of hydrogen-bond acceptors (Lipinski definition) is 2. The molecular formula is C13H14ClN3. The zero-order valence-electron chi connectivity index (χ0n) is 9.70. The summed E-state index contributed by atoms with van der Waals surface area (Å²) in [7, 11) is 0. The molecule has 1 aromatic carbocycles. The Kier molecular flexibility index (Phi) is 2.56. The Bertz CT molecular complexity index is 547. The minimum absolute atomic E-state index is 0.822. The Morgan fingerprint density at radius 1 is 1.47 bits per heavy atom. The lowest BCUT2D eigenvalue weighted by Crippen LogP contribution is -2.19. The molecule has 0 saturated carbocycles. The molecule has 0 radical (unpaired) electrons. The number of H-pyrrole nitrogens is 1. The third kappa shape index (κ3) is 2.03. The Labute approximate surface area is 105 Å². The summed E-state index contributed by atoms with van der Waals surface area (Å²) in [5.74, 6) is 0.968. The number of halogens is 1. The lowest BCUT2D eigenvalue weighted by atomic mass is 10.2. The van der Waals surface area contributed by atoms with Crippen LogP contribution in [0.1, 0.15) is 17.1 Å². The molecule has 0 bridgehead atoms. The zero-order chi connectivity index (χ0) is 11.8. The lowest BCUT2D eigenvalue weighted by Gasteiger charge is -2.18. The predicted molar refractivity (Wildman–Crippen MR) is 69.5 cm³/mol. The van der Waals surface area contributed by atoms with Crippen molar-refractivity contribution in [2.45, 2.75) is 19.9 Å². The van der Waals surface area contributed by atoms with Gasteiger partial charge >= 0.3 is 0 Å². The maximum atomic E-state index is 6.00. The standard InChI is InChI=1S/C13H14ClN3/c1-9-15-7-12(16-9)8-17-5-4-10-6-11(14)2-3-13(10)17/h2-3,6-7H,4-5,8H2,1H3,(H,15,16). The van der Waals surface area contributed by atoms with Gasteiger partial charge in [0.25, 0.3) is 0 Å². The zero-order valence-corrected chi connectivity index (χ0v) is 10.5. The highest BCUT2D eigenvalue weighted by Crippen LogP contribution is 2.31. The molecule has 1 N–H and O–H groups in total. The van der Waals surface area contributed by atoms with E-state index in [9.17, 15) is 0 Å². The van der Waals surface area contributed by atoms with Crippen LogP contribution in [0.15, 0.2) is 24.4 Å². The number of imidazole rings is 1. The first-order valence-electron chi connectivity index (χ1n) is 5.76. The maximum absolute atomic E-state index is 6.00. The van der Waals surface area contributed by atoms with E-state index in [2.05, 4.69) is 27.0 Å². The molecule has 2 aromatic rings. The Morgan fingerprint density at radius 3 is 3.12 bits per heavy atom. The first kappa shape index (κ1) is 10.7. The first-order valence-corrected chi connectivity index (χ1v) is 6.14. The number of nitrogens with zero attached hydrogens (tertiary/aromatic N) is 2. The molecule has 2 heterocycles. The third-order valence-electron chi connectivity index (χ3n) is 3.15. The molecule has 3 nitrogen and oxygen atoms in total. The molecule has 0 fully saturated rings. The molecule has 0 aliphatic carbocycles. The number of aromatic nitrogens is 2. The molecule has 1 aliphatic heterocycles. The van der Waals surface area contributed by atoms with Crippen molar-refractivity contribution in [1.29, 1.82) is 0 Å². The monoisotopic (exact) mass is 247 g/mol. The van der Waals surface area contributed by atoms with Gasteiger partial charge in [0.05, 0.1) is 18.4 Å². The molecule has 17 heavy (non-hydrogen) atoms. The van der Waals surface area contributed by atoms with Gasteiger partial charge in [0.15, 0.2) is 0 Å². The van der Waals surface area contributed by atoms with Crippen molar-refractivity contribution >= 4 is 17.3 Å². The molecule has 0 unspecified atom stereocenters. The van der Waals surface area contributed by atoms with Crippen molar-refractivity contribution in [2.75, 3.05) is 11.4 Å². The number of benzene rings is 1. The summed E-state index contributed by atoms with van der Waals surface area (Å²) >= 11 is 6.00. The number of nitrogens with one attached hydrogen (secondary N) is 1. The van der Waals surface area contributed by atoms with E-state index < -0.39 is 0 Å². The van der Waals surface area contributed by atoms with Gasteiger partial charge in [-0.2, -0.15) is 0 Å². The molecule has 1 aromatic heterocycles. The summed E-state index contributed by atoms with van der Waals surface area (Å²) in [6.45, 7) is 3.91. The maximum Gasteiger partial charge on any atom is 0.103 e. The molecule has 0 spiro atoms. The fraction of sp³-hybridized carbons (Fsp3) is 0.308. The fourth-order valence-electron chi connectivity index (χ4n) is 2.36. The Hall–Kier alpha value is -1.48. The third-order valence-corrected chi connectivity index (χ3v) is 3.39. The van der Waals surface area contributed by atoms with Gasteiger partial charge in [0, 0.05) is 17.3 Å². The Balaban J connectivity index is 1.84. The molecule has 1 aliphatic rings. The van der Waals surface area contributed by atoms with Crippen LogP contribution in [0, 0.1) is 6.92 Å². The van der Waals surface area contributed by atoms with Crippen LogP contribution in [0.25, 0.3) is 0 Å². The van der Waals surface area contributed by atoms with Gasteiger partial charge in [-0.1, -0.05) is 11.6 Å². The summed E-state index contributed by atoms with van der Waals surface area (Å²) < 4.78 is 0. The van der Waals surface area contributed by atoms with Crippen LogP contribution in [0.2, 0.25) is 5.02 Å². The normalized spacial score (nSPS) is 14.1. The van der Waals surface area contributed by atoms with Gasteiger partial charge in [-0.3, -0.25) is 0 Å². The minimum Gasteiger partial charge on any atom is -0.365 e. The van der Waals surface area contributed by atoms with Crippen LogP contribution in [-0.2, 0) is 13.0 Å². The number of anilines is 1. The molecule has 3 rings (SSSR count). The van der Waals surface area contributed by atoms with Crippen LogP contribution in [0.3, 0.4) is 0 Å². The second-order valence-electron chi connectivity index (χ2n) is 4.44. The van der Waals surface area contributed by atoms with Gasteiger partial charge in [-0.05, 0) is 37.1 Å². The SMILES string of the molecule is Cc1ncc(CN2CCc3cc(Cl)ccc32)[nH]1. The van der Waals surface area contributed by atoms with E-state index >= 15 is 0 Å². The van der Waals surface area contributed by atoms with Crippen LogP contribution >= 0.6 is 11.6 Å². The van der Waals surface area contributed by atoms with E-state index in [1.54, 1.807) is 0 Å². The van der Waals surface area contributed by atoms with Gasteiger partial charge in [0.1, 0.15) is 5.82 Å². The number of aryl methyl sites for hydroxylation is 1. The number of hydrogen-bond donors (Lipinski definition) is 1. The van der Waals surface area contributed by atoms with Crippen LogP contribution in [0.5, 0.6) is 0 Å². The van der Waals surface area contributed by atoms with E-state index in [0.717, 1.165) is 36.1 Å². The predicted octanol–water partition coefficient (Wildman–Crippen LogP) is 2.93. The van der Waals surface area contributed by atoms with Crippen molar-refractivity contribution in [3.63, 3.8) is 0 Å². The van der Waals surface area contributed by atoms with E-state index in [4.69, 9.17) is 11.6 Å². The lowest BCUT2D eigenvalue weighted by molar-refractivity contribution is 0.818. The van der Waals surface area contributed by atoms with Crippen molar-refractivity contribution < 1.29 is 0 Å². The highest BCUT2D eigenvalue weighted by atomic mass is 35.5. The smallest absolute Gasteiger partial charge is 0.103 e. The first-order chi connectivity index (χ1) is 8.22. The van der Waals surface area contributed by atoms with E-state index in [0.29, 0.717) is 0 Å². The van der Waals surface area contributed by atoms with Gasteiger partial charge in [-0.25, -0.2) is 4.98 Å². The average molecular weight is 248 g/mol. The summed E-state index contributed by atoms with van der Waals surface area (Å²) in [5, 5.41) is 0.822. The van der Waals surface area contributed by atoms with Crippen LogP contribution < -0.4 is 4.90 Å². The van der Waals surface area contributed by atoms with Crippen molar-refractivity contribution in [2.24, 2.45) is 0 Å². The highest BCUT2D eigenvalue weighted by molar-refractivity contribution is 6.30. The largest absolute Gasteiger partial charge is 0.365 e. The van der Waals surface area contributed by atoms with E-state index in [-0.39, 0.29) is 0 Å². The van der Waals surface area contributed by atoms with Gasteiger partial charge < -0.3 is 9.88 Å². The Morgan fingerprint density at radius 2 is 2.35 bits per heavy atom. The molecule has 0 atom stereocenters. The summed E-state index contributed by atoms with van der Waals surface area (Å²) in [5.41, 5.74) is 3.79. The average Bonchev–Trinajstić information content (AvgIpc) is 2.86. The summed E-state index contributed by atoms with van der Waals surface area (Å²) in [4.78, 5) is 9.85. The number of fused-ring (bicyclic) bond motifs is 1. The van der Waals surface area contributed by atoms with E-state index in [1.165, 1.54) is 11.3 Å². The molecule has 88 valence electrons. The van der Waals surface area contributed by atoms with Crippen LogP contribution in [0.4, 0.5) is 5.69 Å². The number of rotatable bonds is 2. The second kappa shape index (κ2) is 4.08. The fourth-order valence-corrected chi connectivity index (χ4v) is 2.56. The van der Waals surface area contributed by atoms with Gasteiger partial charge in [0.2, 0.25) is 0 Å². The van der Waals surface area contributed by atoms with E-state index in [1.807, 2.05) is 19.2 Å². The van der Waals surface area contributed by atoms with Crippen molar-refractivity contribution in [1.82, 2.24) is 9.97 Å². The van der Waals surface area contributed by atoms with Crippen molar-refractivity contribution in [3.8, 4) is 0 Å². The topological polar surface area (TPSA) is 31.9 Å². The molecule has 0 amide bonds. The summed E-state index contributed by atoms with van der Waals surface area (Å²) in [6, 6.07) is 6.12. The van der Waals surface area contributed by atoms with Crippen LogP contribution in [-0.4, -0.2) is 16.5 Å². The molecule has 0 saturated heterocycles. The minimum atomic E-state index is 0.822. The quantitative estimate of drug-likeness (QED) is 0.885. The highest BCUT2D eigenvalue weighted by Gasteiger charge is 2.19. The second-order valence-corrected chi connectivity index (χ2v) is 4.87. The summed E-state index contributed by atoms with van der Waals surface area (Å²) in [6.07, 6.45) is 2.98. The number of aromatic amines is 1.